The molecule has 0 aromatic heterocycles. The van der Waals surface area contributed by atoms with Crippen LogP contribution >= 0.6 is 0 Å². The van der Waals surface area contributed by atoms with E-state index in [2.05, 4.69) is 17.1 Å². The molecule has 2 rings (SSSR count). The Morgan fingerprint density at radius 2 is 2.00 bits per heavy atom. The maximum atomic E-state index is 5.63. The van der Waals surface area contributed by atoms with Crippen molar-refractivity contribution < 1.29 is 9.47 Å². The fourth-order valence-corrected chi connectivity index (χ4v) is 3.44. The smallest absolute Gasteiger partial charge is 0.0700 e. The van der Waals surface area contributed by atoms with Gasteiger partial charge in [0.05, 0.1) is 19.8 Å². The maximum Gasteiger partial charge on any atom is 0.0700 e. The molecular weight excluding hydrogens is 240 g/mol. The van der Waals surface area contributed by atoms with E-state index in [1.165, 1.54) is 45.2 Å². The summed E-state index contributed by atoms with van der Waals surface area (Å²) < 4.78 is 10.6. The molecule has 1 saturated heterocycles. The molecule has 2 aliphatic rings. The number of methoxy groups -OCH3 is 1. The Morgan fingerprint density at radius 3 is 2.74 bits per heavy atom. The summed E-state index contributed by atoms with van der Waals surface area (Å²) in [7, 11) is 1.72. The van der Waals surface area contributed by atoms with Crippen molar-refractivity contribution >= 4 is 0 Å². The molecule has 1 aliphatic heterocycles. The minimum absolute atomic E-state index is 0.400. The van der Waals surface area contributed by atoms with Crippen LogP contribution in [0, 0.1) is 0 Å². The summed E-state index contributed by atoms with van der Waals surface area (Å²) in [5.74, 6) is 0. The first-order chi connectivity index (χ1) is 9.26. The fraction of sp³-hybridized carbons (Fsp3) is 1.00. The SMILES string of the molecule is COCCOCCN1CC2(CCCC2)NCCC1C. The summed E-state index contributed by atoms with van der Waals surface area (Å²) in [5.41, 5.74) is 0.400. The third kappa shape index (κ3) is 4.42. The van der Waals surface area contributed by atoms with Gasteiger partial charge in [-0.3, -0.25) is 4.90 Å². The molecule has 112 valence electrons. The molecule has 1 aliphatic carbocycles. The second-order valence-electron chi connectivity index (χ2n) is 6.13. The second-order valence-corrected chi connectivity index (χ2v) is 6.13. The topological polar surface area (TPSA) is 33.7 Å². The predicted molar refractivity (Wildman–Crippen MR) is 77.5 cm³/mol. The Morgan fingerprint density at radius 1 is 1.21 bits per heavy atom. The zero-order chi connectivity index (χ0) is 13.6. The van der Waals surface area contributed by atoms with Crippen molar-refractivity contribution in [2.24, 2.45) is 0 Å². The van der Waals surface area contributed by atoms with Crippen molar-refractivity contribution in [2.45, 2.75) is 50.6 Å². The van der Waals surface area contributed by atoms with E-state index < -0.39 is 0 Å². The molecule has 0 aromatic carbocycles. The first-order valence-electron chi connectivity index (χ1n) is 7.81. The lowest BCUT2D eigenvalue weighted by molar-refractivity contribution is 0.0469. The van der Waals surface area contributed by atoms with E-state index in [9.17, 15) is 0 Å². The van der Waals surface area contributed by atoms with Crippen LogP contribution in [0.25, 0.3) is 0 Å². The van der Waals surface area contributed by atoms with Crippen molar-refractivity contribution in [3.05, 3.63) is 0 Å². The number of hydrogen-bond acceptors (Lipinski definition) is 4. The Labute approximate surface area is 117 Å². The molecule has 0 amide bonds. The molecule has 19 heavy (non-hydrogen) atoms. The van der Waals surface area contributed by atoms with Crippen molar-refractivity contribution in [1.82, 2.24) is 10.2 Å². The maximum absolute atomic E-state index is 5.63. The minimum Gasteiger partial charge on any atom is -0.382 e. The van der Waals surface area contributed by atoms with Gasteiger partial charge in [-0.15, -0.1) is 0 Å². The van der Waals surface area contributed by atoms with Crippen LogP contribution in [-0.4, -0.2) is 63.0 Å². The molecule has 4 heteroatoms. The lowest BCUT2D eigenvalue weighted by Crippen LogP contribution is -2.50. The van der Waals surface area contributed by atoms with Crippen LogP contribution in [0.3, 0.4) is 0 Å². The Kier molecular flexibility index (Phi) is 6.07. The van der Waals surface area contributed by atoms with E-state index >= 15 is 0 Å². The van der Waals surface area contributed by atoms with E-state index in [0.717, 1.165) is 13.2 Å². The highest BCUT2D eigenvalue weighted by Crippen LogP contribution is 2.32. The zero-order valence-electron chi connectivity index (χ0n) is 12.6. The molecule has 4 nitrogen and oxygen atoms in total. The van der Waals surface area contributed by atoms with Gasteiger partial charge in [0, 0.05) is 31.8 Å². The van der Waals surface area contributed by atoms with Gasteiger partial charge in [-0.2, -0.15) is 0 Å². The largest absolute Gasteiger partial charge is 0.382 e. The highest BCUT2D eigenvalue weighted by Gasteiger charge is 2.37. The third-order valence-electron chi connectivity index (χ3n) is 4.71. The lowest BCUT2D eigenvalue weighted by Gasteiger charge is -2.35. The van der Waals surface area contributed by atoms with Gasteiger partial charge in [0.15, 0.2) is 0 Å². The fourth-order valence-electron chi connectivity index (χ4n) is 3.44. The van der Waals surface area contributed by atoms with E-state index in [1.807, 2.05) is 0 Å². The van der Waals surface area contributed by atoms with Crippen LogP contribution < -0.4 is 5.32 Å². The summed E-state index contributed by atoms with van der Waals surface area (Å²) in [6.45, 7) is 8.00. The lowest BCUT2D eigenvalue weighted by atomic mass is 9.97. The van der Waals surface area contributed by atoms with E-state index in [-0.39, 0.29) is 0 Å². The van der Waals surface area contributed by atoms with Crippen LogP contribution in [0.4, 0.5) is 0 Å². The van der Waals surface area contributed by atoms with Crippen LogP contribution in [0.2, 0.25) is 0 Å². The molecule has 1 saturated carbocycles. The zero-order valence-corrected chi connectivity index (χ0v) is 12.6. The quantitative estimate of drug-likeness (QED) is 0.744. The molecule has 1 heterocycles. The third-order valence-corrected chi connectivity index (χ3v) is 4.71. The Balaban J connectivity index is 1.78. The summed E-state index contributed by atoms with van der Waals surface area (Å²) in [4.78, 5) is 2.62. The van der Waals surface area contributed by atoms with Gasteiger partial charge in [-0.25, -0.2) is 0 Å². The average Bonchev–Trinajstić information content (AvgIpc) is 2.79. The molecule has 1 atom stereocenters. The first kappa shape index (κ1) is 15.2. The van der Waals surface area contributed by atoms with Crippen LogP contribution in [0.5, 0.6) is 0 Å². The average molecular weight is 270 g/mol. The molecule has 1 N–H and O–H groups in total. The molecule has 2 fully saturated rings. The van der Waals surface area contributed by atoms with Crippen LogP contribution in [0.1, 0.15) is 39.0 Å². The predicted octanol–water partition coefficient (Wildman–Crippen LogP) is 1.65. The normalized spacial score (nSPS) is 27.8. The van der Waals surface area contributed by atoms with Gasteiger partial charge in [0.1, 0.15) is 0 Å². The number of hydrogen-bond donors (Lipinski definition) is 1. The van der Waals surface area contributed by atoms with Crippen molar-refractivity contribution in [1.29, 1.82) is 0 Å². The summed E-state index contributed by atoms with van der Waals surface area (Å²) in [5, 5.41) is 3.83. The van der Waals surface area contributed by atoms with Gasteiger partial charge >= 0.3 is 0 Å². The Hall–Kier alpha value is -0.160. The monoisotopic (exact) mass is 270 g/mol. The van der Waals surface area contributed by atoms with E-state index in [1.54, 1.807) is 7.11 Å². The number of rotatable bonds is 6. The van der Waals surface area contributed by atoms with Crippen molar-refractivity contribution in [3.8, 4) is 0 Å². The van der Waals surface area contributed by atoms with Gasteiger partial charge in [-0.1, -0.05) is 12.8 Å². The van der Waals surface area contributed by atoms with Crippen molar-refractivity contribution in [3.63, 3.8) is 0 Å². The van der Waals surface area contributed by atoms with Crippen molar-refractivity contribution in [2.75, 3.05) is 46.6 Å². The van der Waals surface area contributed by atoms with Crippen LogP contribution in [-0.2, 0) is 9.47 Å². The highest BCUT2D eigenvalue weighted by atomic mass is 16.5. The summed E-state index contributed by atoms with van der Waals surface area (Å²) in [6.07, 6.45) is 6.72. The first-order valence-corrected chi connectivity index (χ1v) is 7.81. The standard InChI is InChI=1S/C15H30N2O2/c1-14-5-8-16-15(6-3-4-7-15)13-17(14)9-10-19-12-11-18-2/h14,16H,3-13H2,1-2H3. The molecular formula is C15H30N2O2. The van der Waals surface area contributed by atoms with Gasteiger partial charge in [-0.05, 0) is 32.7 Å². The van der Waals surface area contributed by atoms with Gasteiger partial charge in [0.25, 0.3) is 0 Å². The minimum atomic E-state index is 0.400. The highest BCUT2D eigenvalue weighted by molar-refractivity contribution is 4.98. The number of nitrogens with one attached hydrogen (secondary N) is 1. The number of ether oxygens (including phenoxy) is 2. The molecule has 0 radical (unpaired) electrons. The second kappa shape index (κ2) is 7.58. The van der Waals surface area contributed by atoms with E-state index in [0.29, 0.717) is 24.8 Å². The molecule has 0 bridgehead atoms. The van der Waals surface area contributed by atoms with Gasteiger partial charge in [0.2, 0.25) is 0 Å². The van der Waals surface area contributed by atoms with E-state index in [4.69, 9.17) is 9.47 Å². The number of nitrogens with zero attached hydrogens (tertiary/aromatic N) is 1. The summed E-state index contributed by atoms with van der Waals surface area (Å²) >= 11 is 0. The van der Waals surface area contributed by atoms with Gasteiger partial charge < -0.3 is 14.8 Å². The molecule has 1 unspecified atom stereocenters. The molecule has 1 spiro atoms. The molecule has 0 aromatic rings. The summed E-state index contributed by atoms with van der Waals surface area (Å²) in [6, 6.07) is 0.665. The Bertz CT molecular complexity index is 255. The van der Waals surface area contributed by atoms with Crippen LogP contribution in [0.15, 0.2) is 0 Å².